The Morgan fingerprint density at radius 1 is 0.548 bits per heavy atom. The van der Waals surface area contributed by atoms with E-state index in [4.69, 9.17) is 28.4 Å². The average Bonchev–Trinajstić information content (AvgIpc) is 3.97. The monoisotopic (exact) mass is 861 g/mol. The van der Waals surface area contributed by atoms with Gasteiger partial charge < -0.3 is 28.4 Å². The number of aryl methyl sites for hydroxylation is 1. The average molecular weight is 861 g/mol. The van der Waals surface area contributed by atoms with Gasteiger partial charge in [-0.1, -0.05) is 70.2 Å². The number of carbonyl (C=O) groups is 4. The molecule has 0 aromatic heterocycles. The minimum absolute atomic E-state index is 0.0778. The molecule has 2 saturated heterocycles. The Morgan fingerprint density at radius 3 is 1.50 bits per heavy atom. The van der Waals surface area contributed by atoms with Crippen molar-refractivity contribution in [3.63, 3.8) is 0 Å². The molecule has 2 unspecified atom stereocenters. The third kappa shape index (κ3) is 11.1. The van der Waals surface area contributed by atoms with Crippen LogP contribution in [0.25, 0.3) is 0 Å². The van der Waals surface area contributed by atoms with Crippen LogP contribution in [0.15, 0.2) is 42.5 Å². The smallest absolute Gasteiger partial charge is 0.311 e. The topological polar surface area (TPSA) is 124 Å². The Balaban J connectivity index is 1.39. The molecular weight excluding hydrogens is 785 g/mol. The highest BCUT2D eigenvalue weighted by Gasteiger charge is 2.52. The molecule has 10 heteroatoms. The molecule has 2 aromatic rings. The Kier molecular flexibility index (Phi) is 14.6. The largest absolute Gasteiger partial charge is 0.462 e. The van der Waals surface area contributed by atoms with Gasteiger partial charge >= 0.3 is 23.9 Å². The van der Waals surface area contributed by atoms with Crippen molar-refractivity contribution in [2.24, 2.45) is 39.4 Å². The van der Waals surface area contributed by atoms with Gasteiger partial charge in [0.05, 0.1) is 33.9 Å². The molecule has 0 radical (unpaired) electrons. The predicted octanol–water partition coefficient (Wildman–Crippen LogP) is 10.9. The van der Waals surface area contributed by atoms with Crippen LogP contribution in [0.2, 0.25) is 0 Å². The molecule has 3 fully saturated rings. The van der Waals surface area contributed by atoms with Crippen LogP contribution in [0.1, 0.15) is 175 Å². The summed E-state index contributed by atoms with van der Waals surface area (Å²) in [5, 5.41) is 0. The van der Waals surface area contributed by atoms with Crippen LogP contribution < -0.4 is 0 Å². The van der Waals surface area contributed by atoms with Gasteiger partial charge in [0.25, 0.3) is 0 Å². The van der Waals surface area contributed by atoms with Gasteiger partial charge in [-0.3, -0.25) is 19.2 Å². The van der Waals surface area contributed by atoms with Crippen LogP contribution in [-0.2, 0) is 47.6 Å². The minimum Gasteiger partial charge on any atom is -0.462 e. The van der Waals surface area contributed by atoms with E-state index in [1.807, 2.05) is 27.7 Å². The normalized spacial score (nSPS) is 30.5. The van der Waals surface area contributed by atoms with E-state index < -0.39 is 69.9 Å². The first-order valence-electron chi connectivity index (χ1n) is 22.9. The molecule has 0 bridgehead atoms. The van der Waals surface area contributed by atoms with Crippen molar-refractivity contribution in [2.45, 2.75) is 185 Å². The van der Waals surface area contributed by atoms with Crippen molar-refractivity contribution in [3.05, 3.63) is 70.3 Å². The molecule has 0 spiro atoms. The zero-order chi connectivity index (χ0) is 46.4. The van der Waals surface area contributed by atoms with Gasteiger partial charge in [-0.25, -0.2) is 0 Å². The Hall–Kier alpha value is -3.76. The van der Waals surface area contributed by atoms with E-state index >= 15 is 0 Å². The van der Waals surface area contributed by atoms with E-state index in [-0.39, 0.29) is 42.7 Å². The SMILES string of the molecule is CC[C@H]1O[C@H](c2ccc(C3CC3c3ccc([C@H]4O[C@H](COC(=O)C(C)(C)C)[C@@H](OC(=O)C(C)(C)C)[C@H](OC(=O)C(C)(C)C)[C@@H]4C)c(C)c3)cc2)[C@@H](OC(=O)C(C)(C)C)[C@@H](C)[C@@H]1C. The fourth-order valence-corrected chi connectivity index (χ4v) is 8.48. The second kappa shape index (κ2) is 18.4. The number of hydrogen-bond acceptors (Lipinski definition) is 10. The van der Waals surface area contributed by atoms with E-state index in [2.05, 4.69) is 70.2 Å². The van der Waals surface area contributed by atoms with Crippen LogP contribution in [0, 0.1) is 46.3 Å². The third-order valence-corrected chi connectivity index (χ3v) is 13.0. The van der Waals surface area contributed by atoms with E-state index in [9.17, 15) is 19.2 Å². The number of ether oxygens (including phenoxy) is 6. The molecule has 2 heterocycles. The summed E-state index contributed by atoms with van der Waals surface area (Å²) in [7, 11) is 0. The second-order valence-electron chi connectivity index (χ2n) is 22.6. The molecule has 62 heavy (non-hydrogen) atoms. The summed E-state index contributed by atoms with van der Waals surface area (Å²) >= 11 is 0. The predicted molar refractivity (Wildman–Crippen MR) is 239 cm³/mol. The molecule has 3 aliphatic rings. The van der Waals surface area contributed by atoms with Crippen molar-refractivity contribution < 1.29 is 47.6 Å². The summed E-state index contributed by atoms with van der Waals surface area (Å²) in [6, 6.07) is 15.2. The lowest BCUT2D eigenvalue weighted by Gasteiger charge is -2.46. The van der Waals surface area contributed by atoms with Crippen LogP contribution in [0.4, 0.5) is 0 Å². The number of hydrogen-bond donors (Lipinski definition) is 0. The third-order valence-electron chi connectivity index (χ3n) is 13.0. The van der Waals surface area contributed by atoms with E-state index in [0.717, 1.165) is 29.5 Å². The second-order valence-corrected chi connectivity index (χ2v) is 22.6. The molecule has 0 amide bonds. The fourth-order valence-electron chi connectivity index (χ4n) is 8.48. The summed E-state index contributed by atoms with van der Waals surface area (Å²) in [5.74, 6) is -0.884. The van der Waals surface area contributed by atoms with Gasteiger partial charge in [0.1, 0.15) is 31.0 Å². The quantitative estimate of drug-likeness (QED) is 0.168. The fraction of sp³-hybridized carbons (Fsp3) is 0.692. The highest BCUT2D eigenvalue weighted by Crippen LogP contribution is 2.55. The van der Waals surface area contributed by atoms with E-state index in [0.29, 0.717) is 11.8 Å². The summed E-state index contributed by atoms with van der Waals surface area (Å²) in [5.41, 5.74) is 2.41. The van der Waals surface area contributed by atoms with Gasteiger partial charge in [0.15, 0.2) is 6.10 Å². The number of benzene rings is 2. The molecule has 5 rings (SSSR count). The summed E-state index contributed by atoms with van der Waals surface area (Å²) in [6.45, 7) is 32.0. The zero-order valence-electron chi connectivity index (χ0n) is 40.7. The van der Waals surface area contributed by atoms with Crippen molar-refractivity contribution in [2.75, 3.05) is 6.61 Å². The first-order chi connectivity index (χ1) is 28.5. The van der Waals surface area contributed by atoms with E-state index in [1.54, 1.807) is 62.3 Å². The first kappa shape index (κ1) is 49.3. The van der Waals surface area contributed by atoms with Crippen molar-refractivity contribution in [3.8, 4) is 0 Å². The van der Waals surface area contributed by atoms with Crippen molar-refractivity contribution >= 4 is 23.9 Å². The lowest BCUT2D eigenvalue weighted by Crippen LogP contribution is -2.57. The molecule has 12 atom stereocenters. The van der Waals surface area contributed by atoms with Crippen molar-refractivity contribution in [1.82, 2.24) is 0 Å². The first-order valence-corrected chi connectivity index (χ1v) is 22.9. The van der Waals surface area contributed by atoms with E-state index in [1.165, 1.54) is 11.1 Å². The summed E-state index contributed by atoms with van der Waals surface area (Å²) in [6.07, 6.45) is -2.09. The summed E-state index contributed by atoms with van der Waals surface area (Å²) < 4.78 is 37.9. The van der Waals surface area contributed by atoms with Crippen LogP contribution >= 0.6 is 0 Å². The number of rotatable bonds is 10. The Bertz CT molecular complexity index is 1920. The standard InChI is InChI=1S/C52H76O10/c1-18-38-29(3)30(4)41(60-46(54)50(9,10)11)43(58-38)33-21-19-32(20-22-33)36-26-37(36)34-23-24-35(28(2)25-34)40-31(5)42(61-47(55)51(12,13)14)44(62-48(56)52(15,16)17)39(59-40)27-57-45(53)49(6,7)8/h19-25,29-31,36-44H,18,26-27H2,1-17H3/t29-,30-,31+,36?,37?,38+,39+,40-,41-,42+,43+,44+/m0/s1. The van der Waals surface area contributed by atoms with Crippen LogP contribution in [0.5, 0.6) is 0 Å². The number of esters is 4. The molecule has 1 aliphatic carbocycles. The van der Waals surface area contributed by atoms with Gasteiger partial charge in [-0.2, -0.15) is 0 Å². The molecule has 10 nitrogen and oxygen atoms in total. The lowest BCUT2D eigenvalue weighted by molar-refractivity contribution is -0.240. The van der Waals surface area contributed by atoms with Crippen LogP contribution in [0.3, 0.4) is 0 Å². The molecule has 0 N–H and O–H groups in total. The maximum atomic E-state index is 13.5. The lowest BCUT2D eigenvalue weighted by atomic mass is 9.78. The molecule has 2 aliphatic heterocycles. The van der Waals surface area contributed by atoms with Gasteiger partial charge in [-0.05, 0) is 148 Å². The maximum Gasteiger partial charge on any atom is 0.311 e. The van der Waals surface area contributed by atoms with Gasteiger partial charge in [-0.15, -0.1) is 0 Å². The molecule has 1 saturated carbocycles. The summed E-state index contributed by atoms with van der Waals surface area (Å²) in [4.78, 5) is 53.1. The van der Waals surface area contributed by atoms with Crippen molar-refractivity contribution in [1.29, 1.82) is 0 Å². The molecule has 2 aromatic carbocycles. The highest BCUT2D eigenvalue weighted by atomic mass is 16.6. The van der Waals surface area contributed by atoms with Gasteiger partial charge in [0.2, 0.25) is 0 Å². The number of carbonyl (C=O) groups excluding carboxylic acids is 4. The Morgan fingerprint density at radius 2 is 1.00 bits per heavy atom. The minimum atomic E-state index is -1.01. The molecule has 344 valence electrons. The van der Waals surface area contributed by atoms with Gasteiger partial charge in [0, 0.05) is 11.8 Å². The van der Waals surface area contributed by atoms with Crippen LogP contribution in [-0.4, -0.2) is 61.0 Å². The maximum absolute atomic E-state index is 13.5. The Labute approximate surface area is 371 Å². The molecular formula is C52H76O10. The highest BCUT2D eigenvalue weighted by molar-refractivity contribution is 5.77. The zero-order valence-corrected chi connectivity index (χ0v) is 40.7.